The Morgan fingerprint density at radius 2 is 2.08 bits per heavy atom. The Morgan fingerprint density at radius 3 is 2.79 bits per heavy atom. The quantitative estimate of drug-likeness (QED) is 0.786. The van der Waals surface area contributed by atoms with Gasteiger partial charge in [-0.3, -0.25) is 9.59 Å². The van der Waals surface area contributed by atoms with Gasteiger partial charge in [0, 0.05) is 19.7 Å². The molecule has 24 heavy (non-hydrogen) atoms. The highest BCUT2D eigenvalue weighted by Crippen LogP contribution is 2.23. The van der Waals surface area contributed by atoms with Crippen LogP contribution in [0.2, 0.25) is 0 Å². The molecule has 0 saturated carbocycles. The first kappa shape index (κ1) is 18.3. The minimum atomic E-state index is -0.572. The maximum absolute atomic E-state index is 12.7. The molecule has 1 saturated heterocycles. The minimum absolute atomic E-state index is 0.0893. The fraction of sp³-hybridized carbons (Fsp3) is 0.556. The van der Waals surface area contributed by atoms with Crippen molar-refractivity contribution in [2.75, 3.05) is 26.3 Å². The summed E-state index contributed by atoms with van der Waals surface area (Å²) in [5.41, 5.74) is 5.54. The van der Waals surface area contributed by atoms with Gasteiger partial charge in [-0.05, 0) is 30.9 Å². The van der Waals surface area contributed by atoms with Crippen LogP contribution in [-0.2, 0) is 9.53 Å². The van der Waals surface area contributed by atoms with Gasteiger partial charge in [0.25, 0.3) is 11.8 Å². The molecule has 0 aliphatic carbocycles. The smallest absolute Gasteiger partial charge is 0.257 e. The van der Waals surface area contributed by atoms with E-state index in [1.54, 1.807) is 29.2 Å². The molecule has 1 aromatic carbocycles. The lowest BCUT2D eigenvalue weighted by molar-refractivity contribution is -0.119. The molecule has 0 bridgehead atoms. The number of primary amides is 1. The first-order chi connectivity index (χ1) is 11.5. The van der Waals surface area contributed by atoms with Gasteiger partial charge in [-0.15, -0.1) is 0 Å². The maximum atomic E-state index is 12.7. The molecule has 6 nitrogen and oxygen atoms in total. The standard InChI is InChI=1S/C18H26N2O4/c1-13(2)8-10-23-14-7-9-20(11-14)18(22)15-5-3-4-6-16(15)24-12-17(19)21/h3-6,13-14H,7-12H2,1-2H3,(H2,19,21). The molecule has 2 amide bonds. The summed E-state index contributed by atoms with van der Waals surface area (Å²) in [6.07, 6.45) is 1.95. The topological polar surface area (TPSA) is 81.9 Å². The van der Waals surface area contributed by atoms with E-state index in [0.29, 0.717) is 30.3 Å². The van der Waals surface area contributed by atoms with Crippen molar-refractivity contribution in [2.45, 2.75) is 32.8 Å². The summed E-state index contributed by atoms with van der Waals surface area (Å²) in [6, 6.07) is 6.90. The second-order valence-electron chi connectivity index (χ2n) is 6.47. The van der Waals surface area contributed by atoms with Crippen LogP contribution in [0.4, 0.5) is 0 Å². The van der Waals surface area contributed by atoms with Crippen LogP contribution in [0.1, 0.15) is 37.0 Å². The molecular formula is C18H26N2O4. The Morgan fingerprint density at radius 1 is 1.33 bits per heavy atom. The molecular weight excluding hydrogens is 308 g/mol. The number of nitrogens with zero attached hydrogens (tertiary/aromatic N) is 1. The van der Waals surface area contributed by atoms with Crippen LogP contribution in [0, 0.1) is 5.92 Å². The van der Waals surface area contributed by atoms with Crippen LogP contribution in [0.25, 0.3) is 0 Å². The average molecular weight is 334 g/mol. The van der Waals surface area contributed by atoms with Gasteiger partial charge < -0.3 is 20.1 Å². The number of carbonyl (C=O) groups excluding carboxylic acids is 2. The van der Waals surface area contributed by atoms with Gasteiger partial charge >= 0.3 is 0 Å². The van der Waals surface area contributed by atoms with Crippen molar-refractivity contribution in [1.82, 2.24) is 4.90 Å². The highest BCUT2D eigenvalue weighted by molar-refractivity contribution is 5.97. The Kier molecular flexibility index (Phi) is 6.61. The molecule has 0 radical (unpaired) electrons. The monoisotopic (exact) mass is 334 g/mol. The van der Waals surface area contributed by atoms with Gasteiger partial charge in [0.05, 0.1) is 11.7 Å². The van der Waals surface area contributed by atoms with E-state index in [1.807, 2.05) is 0 Å². The summed E-state index contributed by atoms with van der Waals surface area (Å²) < 4.78 is 11.2. The summed E-state index contributed by atoms with van der Waals surface area (Å²) >= 11 is 0. The van der Waals surface area contributed by atoms with Crippen LogP contribution >= 0.6 is 0 Å². The summed E-state index contributed by atoms with van der Waals surface area (Å²) in [5.74, 6) is 0.311. The van der Waals surface area contributed by atoms with E-state index >= 15 is 0 Å². The van der Waals surface area contributed by atoms with Crippen molar-refractivity contribution in [2.24, 2.45) is 11.7 Å². The fourth-order valence-corrected chi connectivity index (χ4v) is 2.61. The third-order valence-corrected chi connectivity index (χ3v) is 3.97. The van der Waals surface area contributed by atoms with E-state index in [1.165, 1.54) is 0 Å². The third kappa shape index (κ3) is 5.23. The van der Waals surface area contributed by atoms with Crippen LogP contribution in [0.5, 0.6) is 5.75 Å². The molecule has 1 aromatic rings. The van der Waals surface area contributed by atoms with Gasteiger partial charge in [-0.2, -0.15) is 0 Å². The Bertz CT molecular complexity index is 574. The van der Waals surface area contributed by atoms with E-state index in [-0.39, 0.29) is 18.6 Å². The van der Waals surface area contributed by atoms with E-state index in [0.717, 1.165) is 19.4 Å². The molecule has 1 aliphatic rings. The van der Waals surface area contributed by atoms with Gasteiger partial charge in [0.1, 0.15) is 5.75 Å². The van der Waals surface area contributed by atoms with E-state index < -0.39 is 5.91 Å². The lowest BCUT2D eigenvalue weighted by Crippen LogP contribution is -2.31. The lowest BCUT2D eigenvalue weighted by Gasteiger charge is -2.19. The highest BCUT2D eigenvalue weighted by Gasteiger charge is 2.29. The lowest BCUT2D eigenvalue weighted by atomic mass is 10.1. The van der Waals surface area contributed by atoms with Gasteiger partial charge in [-0.25, -0.2) is 0 Å². The summed E-state index contributed by atoms with van der Waals surface area (Å²) in [7, 11) is 0. The number of hydrogen-bond donors (Lipinski definition) is 1. The summed E-state index contributed by atoms with van der Waals surface area (Å²) in [5, 5.41) is 0. The number of amides is 2. The predicted octanol–water partition coefficient (Wildman–Crippen LogP) is 1.83. The molecule has 6 heteroatoms. The number of nitrogens with two attached hydrogens (primary N) is 1. The molecule has 2 rings (SSSR count). The Hall–Kier alpha value is -2.08. The van der Waals surface area contributed by atoms with Crippen LogP contribution in [0.3, 0.4) is 0 Å². The Labute approximate surface area is 142 Å². The number of likely N-dealkylation sites (tertiary alicyclic amines) is 1. The highest BCUT2D eigenvalue weighted by atomic mass is 16.5. The molecule has 1 heterocycles. The number of para-hydroxylation sites is 1. The summed E-state index contributed by atoms with van der Waals surface area (Å²) in [6.45, 7) is 6.05. The van der Waals surface area contributed by atoms with Crippen LogP contribution in [-0.4, -0.2) is 49.1 Å². The second-order valence-corrected chi connectivity index (χ2v) is 6.47. The number of carbonyl (C=O) groups is 2. The van der Waals surface area contributed by atoms with Crippen molar-refractivity contribution in [1.29, 1.82) is 0 Å². The van der Waals surface area contributed by atoms with Crippen molar-refractivity contribution >= 4 is 11.8 Å². The van der Waals surface area contributed by atoms with Gasteiger partial charge in [-0.1, -0.05) is 26.0 Å². The van der Waals surface area contributed by atoms with E-state index in [2.05, 4.69) is 13.8 Å². The van der Waals surface area contributed by atoms with E-state index in [9.17, 15) is 9.59 Å². The molecule has 0 spiro atoms. The first-order valence-electron chi connectivity index (χ1n) is 8.38. The van der Waals surface area contributed by atoms with Crippen molar-refractivity contribution in [3.8, 4) is 5.75 Å². The Balaban J connectivity index is 1.94. The predicted molar refractivity (Wildman–Crippen MR) is 90.8 cm³/mol. The molecule has 0 aromatic heterocycles. The number of rotatable bonds is 8. The van der Waals surface area contributed by atoms with Gasteiger partial charge in [0.15, 0.2) is 6.61 Å². The zero-order valence-electron chi connectivity index (χ0n) is 14.4. The third-order valence-electron chi connectivity index (χ3n) is 3.97. The SMILES string of the molecule is CC(C)CCOC1CCN(C(=O)c2ccccc2OCC(N)=O)C1. The molecule has 1 atom stereocenters. The molecule has 132 valence electrons. The van der Waals surface area contributed by atoms with Gasteiger partial charge in [0.2, 0.25) is 0 Å². The number of hydrogen-bond acceptors (Lipinski definition) is 4. The van der Waals surface area contributed by atoms with Crippen LogP contribution < -0.4 is 10.5 Å². The molecule has 2 N–H and O–H groups in total. The van der Waals surface area contributed by atoms with Crippen molar-refractivity contribution in [3.63, 3.8) is 0 Å². The van der Waals surface area contributed by atoms with Crippen LogP contribution in [0.15, 0.2) is 24.3 Å². The largest absolute Gasteiger partial charge is 0.483 e. The zero-order chi connectivity index (χ0) is 17.5. The first-order valence-corrected chi connectivity index (χ1v) is 8.38. The number of benzene rings is 1. The fourth-order valence-electron chi connectivity index (χ4n) is 2.61. The zero-order valence-corrected chi connectivity index (χ0v) is 14.4. The second kappa shape index (κ2) is 8.68. The average Bonchev–Trinajstić information content (AvgIpc) is 3.01. The molecule has 1 aliphatic heterocycles. The maximum Gasteiger partial charge on any atom is 0.257 e. The number of ether oxygens (including phenoxy) is 2. The van der Waals surface area contributed by atoms with Crippen molar-refractivity contribution < 1.29 is 19.1 Å². The molecule has 1 unspecified atom stereocenters. The van der Waals surface area contributed by atoms with E-state index in [4.69, 9.17) is 15.2 Å². The van der Waals surface area contributed by atoms with Crippen molar-refractivity contribution in [3.05, 3.63) is 29.8 Å². The normalized spacial score (nSPS) is 17.3. The minimum Gasteiger partial charge on any atom is -0.483 e. The summed E-state index contributed by atoms with van der Waals surface area (Å²) in [4.78, 5) is 25.4. The molecule has 1 fully saturated rings.